The number of fused-ring (bicyclic) bond motifs is 1. The molecule has 0 atom stereocenters. The zero-order valence-electron chi connectivity index (χ0n) is 11.8. The fourth-order valence-electron chi connectivity index (χ4n) is 2.20. The summed E-state index contributed by atoms with van der Waals surface area (Å²) >= 11 is 6.96. The van der Waals surface area contributed by atoms with Crippen molar-refractivity contribution in [1.29, 1.82) is 0 Å². The number of amidine groups is 1. The van der Waals surface area contributed by atoms with E-state index in [0.717, 1.165) is 15.9 Å². The minimum absolute atomic E-state index is 0.0843. The molecular formula is C14H9ClN4O4S. The molecule has 2 heterocycles. The number of hydrogen-bond donors (Lipinski definition) is 3. The van der Waals surface area contributed by atoms with Gasteiger partial charge in [0.15, 0.2) is 10.8 Å². The van der Waals surface area contributed by atoms with Crippen molar-refractivity contribution in [1.82, 2.24) is 9.55 Å². The third kappa shape index (κ3) is 2.59. The molecule has 0 saturated carbocycles. The van der Waals surface area contributed by atoms with Gasteiger partial charge >= 0.3 is 6.09 Å². The van der Waals surface area contributed by atoms with E-state index in [4.69, 9.17) is 22.5 Å². The van der Waals surface area contributed by atoms with Gasteiger partial charge in [-0.25, -0.2) is 9.78 Å². The van der Waals surface area contributed by atoms with Crippen molar-refractivity contribution in [3.8, 4) is 0 Å². The second kappa shape index (κ2) is 5.95. The second-order valence-electron chi connectivity index (χ2n) is 4.71. The van der Waals surface area contributed by atoms with Gasteiger partial charge in [0.25, 0.3) is 0 Å². The predicted octanol–water partition coefficient (Wildman–Crippen LogP) is 2.60. The number of thiazole rings is 1. The van der Waals surface area contributed by atoms with Gasteiger partial charge in [-0.1, -0.05) is 16.8 Å². The molecule has 0 unspecified atom stereocenters. The molecule has 10 heteroatoms. The average Bonchev–Trinajstić information content (AvgIpc) is 3.18. The summed E-state index contributed by atoms with van der Waals surface area (Å²) in [5, 5.41) is 23.1. The number of halogens is 1. The smallest absolute Gasteiger partial charge is 0.416 e. The van der Waals surface area contributed by atoms with Crippen LogP contribution in [-0.4, -0.2) is 37.6 Å². The molecule has 3 rings (SSSR count). The van der Waals surface area contributed by atoms with E-state index < -0.39 is 11.9 Å². The molecule has 122 valence electrons. The van der Waals surface area contributed by atoms with E-state index in [2.05, 4.69) is 10.1 Å². The zero-order chi connectivity index (χ0) is 17.4. The Morgan fingerprint density at radius 2 is 2.12 bits per heavy atom. The van der Waals surface area contributed by atoms with E-state index in [9.17, 15) is 14.7 Å². The van der Waals surface area contributed by atoms with Crippen molar-refractivity contribution in [3.63, 3.8) is 0 Å². The van der Waals surface area contributed by atoms with Crippen molar-refractivity contribution in [2.45, 2.75) is 0 Å². The molecular weight excluding hydrogens is 356 g/mol. The number of benzene rings is 1. The molecule has 0 radical (unpaired) electrons. The summed E-state index contributed by atoms with van der Waals surface area (Å²) in [6.07, 6.45) is -0.00573. The highest BCUT2D eigenvalue weighted by atomic mass is 35.5. The van der Waals surface area contributed by atoms with Crippen LogP contribution in [-0.2, 0) is 0 Å². The molecule has 0 aliphatic rings. The number of aromatic nitrogens is 2. The van der Waals surface area contributed by atoms with Crippen LogP contribution in [0.5, 0.6) is 0 Å². The molecule has 0 fully saturated rings. The van der Waals surface area contributed by atoms with Crippen LogP contribution < -0.4 is 5.73 Å². The summed E-state index contributed by atoms with van der Waals surface area (Å²) in [6.45, 7) is 0. The Morgan fingerprint density at radius 3 is 2.79 bits per heavy atom. The van der Waals surface area contributed by atoms with Gasteiger partial charge in [0.2, 0.25) is 5.78 Å². The van der Waals surface area contributed by atoms with Crippen LogP contribution in [0.15, 0.2) is 34.9 Å². The summed E-state index contributed by atoms with van der Waals surface area (Å²) in [6, 6.07) is 4.57. The van der Waals surface area contributed by atoms with E-state index in [1.807, 2.05) is 0 Å². The molecule has 8 nitrogen and oxygen atoms in total. The van der Waals surface area contributed by atoms with E-state index in [1.165, 1.54) is 29.8 Å². The maximum atomic E-state index is 12.7. The van der Waals surface area contributed by atoms with Crippen LogP contribution in [0.3, 0.4) is 0 Å². The fourth-order valence-corrected chi connectivity index (χ4v) is 3.14. The highest BCUT2D eigenvalue weighted by molar-refractivity contribution is 7.12. The third-order valence-electron chi connectivity index (χ3n) is 3.29. The maximum absolute atomic E-state index is 12.7. The number of carboxylic acid groups (broad SMARTS) is 1. The van der Waals surface area contributed by atoms with Crippen molar-refractivity contribution >= 4 is 51.6 Å². The van der Waals surface area contributed by atoms with Gasteiger partial charge in [-0.05, 0) is 18.2 Å². The maximum Gasteiger partial charge on any atom is 0.416 e. The first-order valence-electron chi connectivity index (χ1n) is 6.44. The van der Waals surface area contributed by atoms with Crippen molar-refractivity contribution < 1.29 is 19.9 Å². The average molecular weight is 365 g/mol. The predicted molar refractivity (Wildman–Crippen MR) is 88.4 cm³/mol. The lowest BCUT2D eigenvalue weighted by atomic mass is 10.1. The molecule has 0 bridgehead atoms. The summed E-state index contributed by atoms with van der Waals surface area (Å²) < 4.78 is 0.941. The topological polar surface area (TPSA) is 131 Å². The van der Waals surface area contributed by atoms with Crippen LogP contribution in [0.25, 0.3) is 10.9 Å². The van der Waals surface area contributed by atoms with Gasteiger partial charge in [0.1, 0.15) is 5.69 Å². The summed E-state index contributed by atoms with van der Waals surface area (Å²) in [5.41, 5.74) is 6.08. The number of hydrogen-bond acceptors (Lipinski definition) is 6. The standard InChI is InChI=1S/C14H9ClN4O4S/c15-6-1-2-10-7(3-6)8(4-19(10)14(21)22)11(20)13-17-9(5-24-13)12(16)18-23/h1-5,23H,(H2,16,18)(H,21,22). The summed E-state index contributed by atoms with van der Waals surface area (Å²) in [7, 11) is 0. The van der Waals surface area contributed by atoms with Crippen LogP contribution in [0, 0.1) is 0 Å². The molecule has 0 spiro atoms. The normalized spacial score (nSPS) is 11.8. The lowest BCUT2D eigenvalue weighted by Gasteiger charge is -1.97. The quantitative estimate of drug-likeness (QED) is 0.215. The van der Waals surface area contributed by atoms with E-state index in [0.29, 0.717) is 15.9 Å². The van der Waals surface area contributed by atoms with Crippen molar-refractivity contribution in [2.24, 2.45) is 10.9 Å². The highest BCUT2D eigenvalue weighted by Crippen LogP contribution is 2.27. The summed E-state index contributed by atoms with van der Waals surface area (Å²) in [5.74, 6) is -0.703. The van der Waals surface area contributed by atoms with Gasteiger partial charge in [0, 0.05) is 22.0 Å². The number of ketones is 1. The molecule has 0 aliphatic carbocycles. The number of carbonyl (C=O) groups is 2. The monoisotopic (exact) mass is 364 g/mol. The Kier molecular flexibility index (Phi) is 3.96. The zero-order valence-corrected chi connectivity index (χ0v) is 13.4. The minimum atomic E-state index is -1.22. The highest BCUT2D eigenvalue weighted by Gasteiger charge is 2.22. The first-order valence-corrected chi connectivity index (χ1v) is 7.70. The first-order chi connectivity index (χ1) is 11.4. The van der Waals surface area contributed by atoms with E-state index in [-0.39, 0.29) is 22.1 Å². The molecule has 2 aromatic heterocycles. The third-order valence-corrected chi connectivity index (χ3v) is 4.36. The number of carbonyl (C=O) groups excluding carboxylic acids is 1. The Morgan fingerprint density at radius 1 is 1.38 bits per heavy atom. The van der Waals surface area contributed by atoms with E-state index in [1.54, 1.807) is 0 Å². The molecule has 0 saturated heterocycles. The minimum Gasteiger partial charge on any atom is -0.464 e. The second-order valence-corrected chi connectivity index (χ2v) is 6.00. The number of nitrogens with two attached hydrogens (primary N) is 1. The van der Waals surface area contributed by atoms with Crippen LogP contribution >= 0.6 is 22.9 Å². The lowest BCUT2D eigenvalue weighted by molar-refractivity contribution is 0.104. The molecule has 0 amide bonds. The Balaban J connectivity index is 2.15. The molecule has 0 aliphatic heterocycles. The van der Waals surface area contributed by atoms with Gasteiger partial charge < -0.3 is 16.0 Å². The number of rotatable bonds is 3. The summed E-state index contributed by atoms with van der Waals surface area (Å²) in [4.78, 5) is 28.0. The number of oxime groups is 1. The lowest BCUT2D eigenvalue weighted by Crippen LogP contribution is -2.14. The molecule has 4 N–H and O–H groups in total. The van der Waals surface area contributed by atoms with Crippen LogP contribution in [0.2, 0.25) is 5.02 Å². The van der Waals surface area contributed by atoms with Crippen LogP contribution in [0.1, 0.15) is 21.1 Å². The molecule has 3 aromatic rings. The molecule has 24 heavy (non-hydrogen) atoms. The molecule has 1 aromatic carbocycles. The van der Waals surface area contributed by atoms with E-state index >= 15 is 0 Å². The Hall–Kier alpha value is -2.91. The van der Waals surface area contributed by atoms with Gasteiger partial charge in [-0.2, -0.15) is 0 Å². The van der Waals surface area contributed by atoms with Crippen molar-refractivity contribution in [3.05, 3.63) is 51.1 Å². The Labute approximate surface area is 143 Å². The fraction of sp³-hybridized carbons (Fsp3) is 0. The van der Waals surface area contributed by atoms with Crippen molar-refractivity contribution in [2.75, 3.05) is 0 Å². The van der Waals surface area contributed by atoms with Gasteiger partial charge in [-0.3, -0.25) is 9.36 Å². The SMILES string of the molecule is NC(=NO)c1csc(C(=O)c2cn(C(=O)O)c3ccc(Cl)cc23)n1. The van der Waals surface area contributed by atoms with Gasteiger partial charge in [0.05, 0.1) is 11.1 Å². The van der Waals surface area contributed by atoms with Gasteiger partial charge in [-0.15, -0.1) is 11.3 Å². The number of nitrogens with zero attached hydrogens (tertiary/aromatic N) is 3. The Bertz CT molecular complexity index is 1010. The first kappa shape index (κ1) is 16.0. The van der Waals surface area contributed by atoms with Crippen LogP contribution in [0.4, 0.5) is 4.79 Å². The largest absolute Gasteiger partial charge is 0.464 e.